The van der Waals surface area contributed by atoms with Gasteiger partial charge in [-0.25, -0.2) is 8.42 Å². The van der Waals surface area contributed by atoms with Crippen LogP contribution in [0.2, 0.25) is 0 Å². The van der Waals surface area contributed by atoms with E-state index < -0.39 is 10.0 Å². The van der Waals surface area contributed by atoms with Crippen molar-refractivity contribution in [3.05, 3.63) is 24.3 Å². The standard InChI is InChI=1S/C21H31N3O4S/c25-21(20-4-3-15-28-20)22-16-17-9-13-23(14-10-17)18-5-7-19(8-6-18)29(26,27)24-11-1-2-12-24/h5-8,17,20H,1-4,9-16H2,(H,22,25). The van der Waals surface area contributed by atoms with Gasteiger partial charge >= 0.3 is 0 Å². The molecule has 4 rings (SSSR count). The number of carbonyl (C=O) groups is 1. The largest absolute Gasteiger partial charge is 0.372 e. The minimum atomic E-state index is -3.35. The molecular formula is C21H31N3O4S. The molecule has 8 heteroatoms. The lowest BCUT2D eigenvalue weighted by molar-refractivity contribution is -0.130. The maximum Gasteiger partial charge on any atom is 0.249 e. The predicted octanol–water partition coefficient (Wildman–Crippen LogP) is 1.98. The van der Waals surface area contributed by atoms with Gasteiger partial charge in [0.05, 0.1) is 4.90 Å². The average molecular weight is 422 g/mol. The van der Waals surface area contributed by atoms with E-state index >= 15 is 0 Å². The van der Waals surface area contributed by atoms with Crippen molar-refractivity contribution in [1.29, 1.82) is 0 Å². The smallest absolute Gasteiger partial charge is 0.249 e. The second kappa shape index (κ2) is 9.02. The third-order valence-electron chi connectivity index (χ3n) is 6.31. The molecule has 3 saturated heterocycles. The van der Waals surface area contributed by atoms with Gasteiger partial charge in [0.15, 0.2) is 0 Å². The van der Waals surface area contributed by atoms with Crippen LogP contribution in [0.3, 0.4) is 0 Å². The van der Waals surface area contributed by atoms with Gasteiger partial charge in [-0.1, -0.05) is 0 Å². The molecule has 3 fully saturated rings. The summed E-state index contributed by atoms with van der Waals surface area (Å²) in [6.07, 6.45) is 5.45. The maximum atomic E-state index is 12.7. The zero-order chi connectivity index (χ0) is 20.3. The van der Waals surface area contributed by atoms with Gasteiger partial charge in [-0.2, -0.15) is 4.31 Å². The quantitative estimate of drug-likeness (QED) is 0.760. The molecule has 3 heterocycles. The van der Waals surface area contributed by atoms with Gasteiger partial charge in [0.1, 0.15) is 6.10 Å². The molecule has 0 aliphatic carbocycles. The average Bonchev–Trinajstić information content (AvgIpc) is 3.47. The first-order chi connectivity index (χ1) is 14.0. The van der Waals surface area contributed by atoms with Gasteiger partial charge in [0, 0.05) is 45.0 Å². The van der Waals surface area contributed by atoms with Crippen LogP contribution in [0.1, 0.15) is 38.5 Å². The molecule has 0 aromatic heterocycles. The fourth-order valence-corrected chi connectivity index (χ4v) is 5.96. The van der Waals surface area contributed by atoms with Crippen LogP contribution >= 0.6 is 0 Å². The Hall–Kier alpha value is -1.64. The van der Waals surface area contributed by atoms with Gasteiger partial charge < -0.3 is 15.0 Å². The monoisotopic (exact) mass is 421 g/mol. The number of hydrogen-bond acceptors (Lipinski definition) is 5. The Bertz CT molecular complexity index is 792. The van der Waals surface area contributed by atoms with Crippen molar-refractivity contribution >= 4 is 21.6 Å². The highest BCUT2D eigenvalue weighted by Crippen LogP contribution is 2.26. The van der Waals surface area contributed by atoms with Crippen molar-refractivity contribution in [3.8, 4) is 0 Å². The number of amides is 1. The molecule has 1 aromatic carbocycles. The van der Waals surface area contributed by atoms with Crippen LogP contribution in [0.4, 0.5) is 5.69 Å². The Morgan fingerprint density at radius 2 is 1.69 bits per heavy atom. The summed E-state index contributed by atoms with van der Waals surface area (Å²) in [6, 6.07) is 7.30. The van der Waals surface area contributed by atoms with E-state index in [9.17, 15) is 13.2 Å². The molecule has 1 atom stereocenters. The van der Waals surface area contributed by atoms with Crippen LogP contribution in [0.5, 0.6) is 0 Å². The van der Waals surface area contributed by atoms with E-state index in [4.69, 9.17) is 4.74 Å². The molecule has 1 N–H and O–H groups in total. The highest BCUT2D eigenvalue weighted by Gasteiger charge is 2.28. The second-order valence-electron chi connectivity index (χ2n) is 8.28. The number of hydrogen-bond donors (Lipinski definition) is 1. The zero-order valence-corrected chi connectivity index (χ0v) is 17.7. The normalized spacial score (nSPS) is 24.1. The van der Waals surface area contributed by atoms with E-state index in [2.05, 4.69) is 10.2 Å². The van der Waals surface area contributed by atoms with E-state index in [1.54, 1.807) is 16.4 Å². The highest BCUT2D eigenvalue weighted by atomic mass is 32.2. The van der Waals surface area contributed by atoms with Crippen molar-refractivity contribution in [3.63, 3.8) is 0 Å². The summed E-state index contributed by atoms with van der Waals surface area (Å²) >= 11 is 0. The number of ether oxygens (including phenoxy) is 1. The Morgan fingerprint density at radius 3 is 2.31 bits per heavy atom. The van der Waals surface area contributed by atoms with Crippen molar-refractivity contribution in [1.82, 2.24) is 9.62 Å². The van der Waals surface area contributed by atoms with E-state index in [0.29, 0.717) is 37.1 Å². The summed E-state index contributed by atoms with van der Waals surface area (Å²) in [5.41, 5.74) is 1.06. The molecule has 1 aromatic rings. The lowest BCUT2D eigenvalue weighted by Crippen LogP contribution is -2.41. The first kappa shape index (κ1) is 20.6. The molecule has 1 amide bonds. The summed E-state index contributed by atoms with van der Waals surface area (Å²) in [4.78, 5) is 14.8. The van der Waals surface area contributed by atoms with Gasteiger partial charge in [0.2, 0.25) is 15.9 Å². The lowest BCUT2D eigenvalue weighted by atomic mass is 9.96. The molecular weight excluding hydrogens is 390 g/mol. The zero-order valence-electron chi connectivity index (χ0n) is 16.9. The first-order valence-corrected chi connectivity index (χ1v) is 12.2. The third-order valence-corrected chi connectivity index (χ3v) is 8.22. The Labute approximate surface area is 173 Å². The third kappa shape index (κ3) is 4.75. The molecule has 0 bridgehead atoms. The Balaban J connectivity index is 1.27. The molecule has 0 saturated carbocycles. The van der Waals surface area contributed by atoms with Crippen LogP contribution in [-0.2, 0) is 19.6 Å². The predicted molar refractivity (Wildman–Crippen MR) is 111 cm³/mol. The molecule has 0 radical (unpaired) electrons. The fraction of sp³-hybridized carbons (Fsp3) is 0.667. The number of rotatable bonds is 6. The summed E-state index contributed by atoms with van der Waals surface area (Å²) in [6.45, 7) is 4.48. The van der Waals surface area contributed by atoms with E-state index in [0.717, 1.165) is 57.3 Å². The summed E-state index contributed by atoms with van der Waals surface area (Å²) in [5.74, 6) is 0.506. The summed E-state index contributed by atoms with van der Waals surface area (Å²) < 4.78 is 32.3. The molecule has 0 spiro atoms. The van der Waals surface area contributed by atoms with Gasteiger partial charge in [-0.3, -0.25) is 4.79 Å². The Kier molecular flexibility index (Phi) is 6.41. The second-order valence-corrected chi connectivity index (χ2v) is 10.2. The summed E-state index contributed by atoms with van der Waals surface area (Å²) in [7, 11) is -3.35. The number of nitrogens with one attached hydrogen (secondary N) is 1. The van der Waals surface area contributed by atoms with Crippen molar-refractivity contribution in [2.24, 2.45) is 5.92 Å². The van der Waals surface area contributed by atoms with Crippen LogP contribution in [0, 0.1) is 5.92 Å². The molecule has 3 aliphatic rings. The van der Waals surface area contributed by atoms with Crippen molar-refractivity contribution in [2.75, 3.05) is 44.2 Å². The minimum absolute atomic E-state index is 0.0275. The van der Waals surface area contributed by atoms with Crippen LogP contribution in [-0.4, -0.2) is 64.1 Å². The number of benzene rings is 1. The molecule has 7 nitrogen and oxygen atoms in total. The van der Waals surface area contributed by atoms with Crippen LogP contribution in [0.15, 0.2) is 29.2 Å². The number of anilines is 1. The number of nitrogens with zero attached hydrogens (tertiary/aromatic N) is 2. The van der Waals surface area contributed by atoms with Crippen LogP contribution in [0.25, 0.3) is 0 Å². The van der Waals surface area contributed by atoms with Gasteiger partial charge in [-0.15, -0.1) is 0 Å². The maximum absolute atomic E-state index is 12.7. The SMILES string of the molecule is O=C(NCC1CCN(c2ccc(S(=O)(=O)N3CCCC3)cc2)CC1)C1CCCO1. The number of carbonyl (C=O) groups excluding carboxylic acids is 1. The Morgan fingerprint density at radius 1 is 1.00 bits per heavy atom. The lowest BCUT2D eigenvalue weighted by Gasteiger charge is -2.34. The number of piperidine rings is 1. The topological polar surface area (TPSA) is 79.0 Å². The minimum Gasteiger partial charge on any atom is -0.372 e. The van der Waals surface area contributed by atoms with E-state index in [-0.39, 0.29) is 12.0 Å². The molecule has 29 heavy (non-hydrogen) atoms. The molecule has 3 aliphatic heterocycles. The highest BCUT2D eigenvalue weighted by molar-refractivity contribution is 7.89. The fourth-order valence-electron chi connectivity index (χ4n) is 4.44. The van der Waals surface area contributed by atoms with E-state index in [1.807, 2.05) is 12.1 Å². The molecule has 1 unspecified atom stereocenters. The first-order valence-electron chi connectivity index (χ1n) is 10.8. The summed E-state index contributed by atoms with van der Waals surface area (Å²) in [5, 5.41) is 3.05. The van der Waals surface area contributed by atoms with Gasteiger partial charge in [-0.05, 0) is 68.7 Å². The van der Waals surface area contributed by atoms with Crippen LogP contribution < -0.4 is 10.2 Å². The van der Waals surface area contributed by atoms with E-state index in [1.165, 1.54) is 0 Å². The van der Waals surface area contributed by atoms with Gasteiger partial charge in [0.25, 0.3) is 0 Å². The van der Waals surface area contributed by atoms with Crippen molar-refractivity contribution in [2.45, 2.75) is 49.5 Å². The van der Waals surface area contributed by atoms with Crippen molar-refractivity contribution < 1.29 is 17.9 Å². The molecule has 160 valence electrons. The number of sulfonamides is 1.